The maximum Gasteiger partial charge on any atom is 0.0356 e. The highest BCUT2D eigenvalue weighted by Crippen LogP contribution is 2.41. The molecule has 2 heteroatoms. The van der Waals surface area contributed by atoms with Crippen LogP contribution in [0.15, 0.2) is 42.5 Å². The maximum absolute atomic E-state index is 3.56. The maximum atomic E-state index is 3.56. The van der Waals surface area contributed by atoms with Crippen LogP contribution in [0.5, 0.6) is 0 Å². The Morgan fingerprint density at radius 3 is 2.78 bits per heavy atom. The standard InChI is InChI=1S/C21H26N2/c1-16-5-2-8-19(15-16)22-12-4-13-23-14-11-18-7-3-6-17-9-10-20(23)21(17)18/h2-3,5-8,15,20,22H,4,9-14H2,1H3. The molecular formula is C21H26N2. The number of rotatable bonds is 5. The smallest absolute Gasteiger partial charge is 0.0356 e. The summed E-state index contributed by atoms with van der Waals surface area (Å²) < 4.78 is 0. The van der Waals surface area contributed by atoms with E-state index in [1.165, 1.54) is 50.0 Å². The van der Waals surface area contributed by atoms with Gasteiger partial charge in [-0.3, -0.25) is 4.90 Å². The van der Waals surface area contributed by atoms with Crippen molar-refractivity contribution >= 4 is 5.69 Å². The number of benzene rings is 2. The highest BCUT2D eigenvalue weighted by atomic mass is 15.2. The van der Waals surface area contributed by atoms with Crippen LogP contribution in [0.25, 0.3) is 0 Å². The van der Waals surface area contributed by atoms with Crippen molar-refractivity contribution in [3.63, 3.8) is 0 Å². The third-order valence-electron chi connectivity index (χ3n) is 5.39. The third-order valence-corrected chi connectivity index (χ3v) is 5.39. The van der Waals surface area contributed by atoms with Crippen LogP contribution in [-0.2, 0) is 12.8 Å². The summed E-state index contributed by atoms with van der Waals surface area (Å²) in [6, 6.07) is 16.3. The van der Waals surface area contributed by atoms with E-state index < -0.39 is 0 Å². The van der Waals surface area contributed by atoms with Gasteiger partial charge in [0.05, 0.1) is 0 Å². The Balaban J connectivity index is 1.33. The summed E-state index contributed by atoms with van der Waals surface area (Å²) in [6.45, 7) is 5.64. The van der Waals surface area contributed by atoms with E-state index in [4.69, 9.17) is 0 Å². The molecule has 0 aromatic heterocycles. The SMILES string of the molecule is Cc1cccc(NCCCN2CCc3cccc4c3C2CC4)c1. The number of aryl methyl sites for hydroxylation is 2. The molecule has 23 heavy (non-hydrogen) atoms. The normalized spacial score (nSPS) is 19.6. The van der Waals surface area contributed by atoms with Crippen LogP contribution < -0.4 is 5.32 Å². The van der Waals surface area contributed by atoms with E-state index in [9.17, 15) is 0 Å². The predicted octanol–water partition coefficient (Wildman–Crippen LogP) is 4.34. The molecule has 1 atom stereocenters. The van der Waals surface area contributed by atoms with Gasteiger partial charge in [0, 0.05) is 31.4 Å². The summed E-state index contributed by atoms with van der Waals surface area (Å²) in [5.41, 5.74) is 7.46. The highest BCUT2D eigenvalue weighted by molar-refractivity contribution is 5.45. The van der Waals surface area contributed by atoms with Gasteiger partial charge in [-0.05, 0) is 67.0 Å². The van der Waals surface area contributed by atoms with Gasteiger partial charge in [0.2, 0.25) is 0 Å². The van der Waals surface area contributed by atoms with Crippen molar-refractivity contribution in [2.45, 2.75) is 38.6 Å². The van der Waals surface area contributed by atoms with Crippen LogP contribution in [-0.4, -0.2) is 24.5 Å². The zero-order valence-corrected chi connectivity index (χ0v) is 14.0. The van der Waals surface area contributed by atoms with Crippen molar-refractivity contribution in [2.75, 3.05) is 25.0 Å². The minimum absolute atomic E-state index is 0.689. The second-order valence-electron chi connectivity index (χ2n) is 6.98. The molecule has 0 radical (unpaired) electrons. The molecule has 1 heterocycles. The molecule has 1 aliphatic carbocycles. The van der Waals surface area contributed by atoms with Crippen molar-refractivity contribution in [3.05, 3.63) is 64.7 Å². The number of nitrogens with one attached hydrogen (secondary N) is 1. The Hall–Kier alpha value is -1.80. The largest absolute Gasteiger partial charge is 0.385 e. The quantitative estimate of drug-likeness (QED) is 0.827. The Morgan fingerprint density at radius 2 is 1.91 bits per heavy atom. The molecule has 2 aromatic carbocycles. The molecule has 0 fully saturated rings. The summed E-state index contributed by atoms with van der Waals surface area (Å²) in [4.78, 5) is 2.72. The lowest BCUT2D eigenvalue weighted by Crippen LogP contribution is -2.35. The third kappa shape index (κ3) is 3.00. The van der Waals surface area contributed by atoms with Crippen molar-refractivity contribution in [3.8, 4) is 0 Å². The number of hydrogen-bond donors (Lipinski definition) is 1. The van der Waals surface area contributed by atoms with Gasteiger partial charge < -0.3 is 5.32 Å². The monoisotopic (exact) mass is 306 g/mol. The molecule has 0 saturated heterocycles. The topological polar surface area (TPSA) is 15.3 Å². The lowest BCUT2D eigenvalue weighted by Gasteiger charge is -2.35. The van der Waals surface area contributed by atoms with Gasteiger partial charge in [0.1, 0.15) is 0 Å². The first-order chi connectivity index (χ1) is 11.3. The molecule has 2 aromatic rings. The minimum Gasteiger partial charge on any atom is -0.385 e. The zero-order chi connectivity index (χ0) is 15.6. The number of anilines is 1. The van der Waals surface area contributed by atoms with Gasteiger partial charge >= 0.3 is 0 Å². The molecule has 1 aliphatic heterocycles. The highest BCUT2D eigenvalue weighted by Gasteiger charge is 2.32. The average molecular weight is 306 g/mol. The summed E-state index contributed by atoms with van der Waals surface area (Å²) in [6.07, 6.45) is 5.02. The van der Waals surface area contributed by atoms with Gasteiger partial charge in [-0.1, -0.05) is 30.3 Å². The van der Waals surface area contributed by atoms with Crippen molar-refractivity contribution in [1.29, 1.82) is 0 Å². The van der Waals surface area contributed by atoms with Crippen LogP contribution in [0.1, 0.15) is 41.1 Å². The van der Waals surface area contributed by atoms with Gasteiger partial charge in [-0.2, -0.15) is 0 Å². The van der Waals surface area contributed by atoms with Crippen LogP contribution >= 0.6 is 0 Å². The van der Waals surface area contributed by atoms with Crippen molar-refractivity contribution in [1.82, 2.24) is 4.90 Å². The van der Waals surface area contributed by atoms with Gasteiger partial charge in [0.25, 0.3) is 0 Å². The Kier molecular flexibility index (Phi) is 4.09. The van der Waals surface area contributed by atoms with E-state index in [0.717, 1.165) is 6.54 Å². The average Bonchev–Trinajstić information content (AvgIpc) is 3.00. The van der Waals surface area contributed by atoms with Crippen molar-refractivity contribution in [2.24, 2.45) is 0 Å². The van der Waals surface area contributed by atoms with E-state index in [2.05, 4.69) is 59.6 Å². The van der Waals surface area contributed by atoms with Crippen molar-refractivity contribution < 1.29 is 0 Å². The zero-order valence-electron chi connectivity index (χ0n) is 14.0. The van der Waals surface area contributed by atoms with Gasteiger partial charge in [0.15, 0.2) is 0 Å². The van der Waals surface area contributed by atoms with Gasteiger partial charge in [-0.25, -0.2) is 0 Å². The fraction of sp³-hybridized carbons (Fsp3) is 0.429. The van der Waals surface area contributed by atoms with E-state index in [0.29, 0.717) is 6.04 Å². The second kappa shape index (κ2) is 6.37. The fourth-order valence-electron chi connectivity index (χ4n) is 4.29. The Labute approximate surface area is 139 Å². The molecule has 120 valence electrons. The van der Waals surface area contributed by atoms with E-state index in [1.807, 2.05) is 0 Å². The van der Waals surface area contributed by atoms with E-state index in [-0.39, 0.29) is 0 Å². The second-order valence-corrected chi connectivity index (χ2v) is 6.98. The molecular weight excluding hydrogens is 280 g/mol. The molecule has 4 rings (SSSR count). The molecule has 0 amide bonds. The van der Waals surface area contributed by atoms with Crippen LogP contribution in [0.3, 0.4) is 0 Å². The number of nitrogens with zero attached hydrogens (tertiary/aromatic N) is 1. The molecule has 0 bridgehead atoms. The lowest BCUT2D eigenvalue weighted by atomic mass is 9.93. The summed E-state index contributed by atoms with van der Waals surface area (Å²) in [7, 11) is 0. The van der Waals surface area contributed by atoms with E-state index >= 15 is 0 Å². The molecule has 0 saturated carbocycles. The first kappa shape index (κ1) is 14.8. The Bertz CT molecular complexity index is 692. The fourth-order valence-corrected chi connectivity index (χ4v) is 4.29. The molecule has 0 spiro atoms. The summed E-state index contributed by atoms with van der Waals surface area (Å²) >= 11 is 0. The van der Waals surface area contributed by atoms with E-state index in [1.54, 1.807) is 16.7 Å². The lowest BCUT2D eigenvalue weighted by molar-refractivity contribution is 0.185. The summed E-state index contributed by atoms with van der Waals surface area (Å²) in [5.74, 6) is 0. The van der Waals surface area contributed by atoms with Crippen LogP contribution in [0, 0.1) is 6.92 Å². The molecule has 1 N–H and O–H groups in total. The number of hydrogen-bond acceptors (Lipinski definition) is 2. The minimum atomic E-state index is 0.689. The van der Waals surface area contributed by atoms with Crippen LogP contribution in [0.2, 0.25) is 0 Å². The predicted molar refractivity (Wildman–Crippen MR) is 97.1 cm³/mol. The van der Waals surface area contributed by atoms with Crippen LogP contribution in [0.4, 0.5) is 5.69 Å². The Morgan fingerprint density at radius 1 is 1.09 bits per heavy atom. The molecule has 2 nitrogen and oxygen atoms in total. The van der Waals surface area contributed by atoms with Gasteiger partial charge in [-0.15, -0.1) is 0 Å². The summed E-state index contributed by atoms with van der Waals surface area (Å²) in [5, 5.41) is 3.56. The first-order valence-corrected chi connectivity index (χ1v) is 8.96. The molecule has 1 unspecified atom stereocenters. The first-order valence-electron chi connectivity index (χ1n) is 8.96. The molecule has 2 aliphatic rings.